The number of hydrogen-bond acceptors (Lipinski definition) is 4. The largest absolute Gasteiger partial charge is 0.496 e. The number of likely N-dealkylation sites (N-methyl/N-ethyl adjacent to an activating group) is 1. The van der Waals surface area contributed by atoms with E-state index in [1.165, 1.54) is 12.2 Å². The number of piperazine rings is 1. The molecule has 1 heterocycles. The van der Waals surface area contributed by atoms with Crippen molar-refractivity contribution in [1.29, 1.82) is 0 Å². The zero-order valence-corrected chi connectivity index (χ0v) is 14.7. The second-order valence-corrected chi connectivity index (χ2v) is 6.11. The number of aryl methyl sites for hydroxylation is 1. The van der Waals surface area contributed by atoms with Crippen molar-refractivity contribution >= 4 is 11.7 Å². The van der Waals surface area contributed by atoms with Crippen molar-refractivity contribution < 1.29 is 14.3 Å². The maximum absolute atomic E-state index is 12.4. The molecule has 0 bridgehead atoms. The number of nitrogens with zero attached hydrogens (tertiary/aromatic N) is 2. The fourth-order valence-electron chi connectivity index (χ4n) is 2.75. The van der Waals surface area contributed by atoms with Crippen LogP contribution in [-0.4, -0.2) is 61.8 Å². The van der Waals surface area contributed by atoms with Gasteiger partial charge in [0.2, 0.25) is 5.91 Å². The highest BCUT2D eigenvalue weighted by atomic mass is 16.5. The second-order valence-electron chi connectivity index (χ2n) is 6.11. The first-order valence-electron chi connectivity index (χ1n) is 8.42. The third-order valence-electron chi connectivity index (χ3n) is 4.26. The Labute approximate surface area is 143 Å². The predicted molar refractivity (Wildman–Crippen MR) is 94.5 cm³/mol. The van der Waals surface area contributed by atoms with Crippen molar-refractivity contribution in [2.75, 3.05) is 40.3 Å². The van der Waals surface area contributed by atoms with Gasteiger partial charge in [0.1, 0.15) is 5.75 Å². The Morgan fingerprint density at radius 3 is 2.50 bits per heavy atom. The predicted octanol–water partition coefficient (Wildman–Crippen LogP) is 2.16. The minimum Gasteiger partial charge on any atom is -0.496 e. The number of rotatable bonds is 6. The molecule has 5 nitrogen and oxygen atoms in total. The molecule has 130 valence electrons. The van der Waals surface area contributed by atoms with Crippen LogP contribution in [0.4, 0.5) is 0 Å². The van der Waals surface area contributed by atoms with Crippen molar-refractivity contribution in [2.24, 2.45) is 0 Å². The van der Waals surface area contributed by atoms with Crippen molar-refractivity contribution in [2.45, 2.75) is 19.8 Å². The molecule has 5 heteroatoms. The van der Waals surface area contributed by atoms with Crippen molar-refractivity contribution in [1.82, 2.24) is 9.80 Å². The van der Waals surface area contributed by atoms with E-state index in [-0.39, 0.29) is 11.7 Å². The maximum Gasteiger partial charge on any atom is 0.246 e. The molecule has 0 saturated carbocycles. The fraction of sp³-hybridized carbons (Fsp3) is 0.474. The Hall–Kier alpha value is -2.14. The van der Waals surface area contributed by atoms with Gasteiger partial charge in [-0.2, -0.15) is 0 Å². The summed E-state index contributed by atoms with van der Waals surface area (Å²) in [5, 5.41) is 0. The molecule has 0 N–H and O–H groups in total. The van der Waals surface area contributed by atoms with E-state index in [9.17, 15) is 9.59 Å². The normalized spacial score (nSPS) is 15.7. The summed E-state index contributed by atoms with van der Waals surface area (Å²) in [6, 6.07) is 5.61. The van der Waals surface area contributed by atoms with Gasteiger partial charge in [0, 0.05) is 32.3 Å². The number of methoxy groups -OCH3 is 1. The average Bonchev–Trinajstić information content (AvgIpc) is 2.60. The molecule has 1 aromatic carbocycles. The molecule has 0 atom stereocenters. The minimum atomic E-state index is -0.211. The monoisotopic (exact) mass is 330 g/mol. The summed E-state index contributed by atoms with van der Waals surface area (Å²) in [5.41, 5.74) is 1.63. The molecule has 0 spiro atoms. The van der Waals surface area contributed by atoms with Gasteiger partial charge in [-0.15, -0.1) is 0 Å². The molecule has 2 rings (SSSR count). The molecule has 1 aliphatic heterocycles. The molecule has 1 aromatic rings. The van der Waals surface area contributed by atoms with Crippen LogP contribution in [0.5, 0.6) is 5.75 Å². The summed E-state index contributed by atoms with van der Waals surface area (Å²) in [6.45, 7) is 5.23. The fourth-order valence-corrected chi connectivity index (χ4v) is 2.75. The first kappa shape index (κ1) is 18.2. The molecular weight excluding hydrogens is 304 g/mol. The first-order chi connectivity index (χ1) is 11.5. The van der Waals surface area contributed by atoms with E-state index in [0.717, 1.165) is 31.5 Å². The summed E-state index contributed by atoms with van der Waals surface area (Å²) in [6.07, 6.45) is 4.70. The van der Waals surface area contributed by atoms with Crippen LogP contribution in [0, 0.1) is 0 Å². The molecule has 0 unspecified atom stereocenters. The number of hydrogen-bond donors (Lipinski definition) is 0. The van der Waals surface area contributed by atoms with Gasteiger partial charge in [0.05, 0.1) is 12.7 Å². The molecular formula is C19H26N2O3. The average molecular weight is 330 g/mol. The van der Waals surface area contributed by atoms with Crippen LogP contribution in [0.3, 0.4) is 0 Å². The molecule has 1 aliphatic rings. The van der Waals surface area contributed by atoms with Gasteiger partial charge in [-0.1, -0.05) is 19.4 Å². The van der Waals surface area contributed by atoms with Gasteiger partial charge in [-0.05, 0) is 37.2 Å². The van der Waals surface area contributed by atoms with E-state index in [1.54, 1.807) is 18.1 Å². The second kappa shape index (κ2) is 8.64. The van der Waals surface area contributed by atoms with Crippen LogP contribution in [0.2, 0.25) is 0 Å². The van der Waals surface area contributed by atoms with E-state index in [4.69, 9.17) is 4.74 Å². The quantitative estimate of drug-likeness (QED) is 0.592. The zero-order chi connectivity index (χ0) is 17.5. The van der Waals surface area contributed by atoms with E-state index in [1.807, 2.05) is 19.2 Å². The van der Waals surface area contributed by atoms with Crippen LogP contribution in [0.25, 0.3) is 0 Å². The van der Waals surface area contributed by atoms with E-state index >= 15 is 0 Å². The summed E-state index contributed by atoms with van der Waals surface area (Å²) < 4.78 is 5.33. The van der Waals surface area contributed by atoms with Gasteiger partial charge in [0.25, 0.3) is 0 Å². The van der Waals surface area contributed by atoms with Crippen molar-refractivity contribution in [3.8, 4) is 5.75 Å². The van der Waals surface area contributed by atoms with Crippen LogP contribution in [-0.2, 0) is 11.2 Å². The molecule has 0 aromatic heterocycles. The first-order valence-corrected chi connectivity index (χ1v) is 8.42. The van der Waals surface area contributed by atoms with Gasteiger partial charge in [-0.3, -0.25) is 9.59 Å². The summed E-state index contributed by atoms with van der Waals surface area (Å²) in [7, 11) is 3.59. The standard InChI is InChI=1S/C19H26N2O3/c1-4-5-15-6-7-16(18(14-15)24-3)17(22)8-9-19(23)21-12-10-20(2)11-13-21/h6-9,14H,4-5,10-13H2,1-3H3. The number of ether oxygens (including phenoxy) is 1. The Morgan fingerprint density at radius 1 is 1.17 bits per heavy atom. The minimum absolute atomic E-state index is 0.113. The number of benzene rings is 1. The Balaban J connectivity index is 2.04. The van der Waals surface area contributed by atoms with Crippen LogP contribution >= 0.6 is 0 Å². The molecule has 0 aliphatic carbocycles. The highest BCUT2D eigenvalue weighted by Crippen LogP contribution is 2.22. The molecule has 1 amide bonds. The Bertz CT molecular complexity index is 617. The third-order valence-corrected chi connectivity index (χ3v) is 4.26. The lowest BCUT2D eigenvalue weighted by atomic mass is 10.0. The summed E-state index contributed by atoms with van der Waals surface area (Å²) in [5.74, 6) is 0.234. The zero-order valence-electron chi connectivity index (χ0n) is 14.7. The number of allylic oxidation sites excluding steroid dienone is 1. The lowest BCUT2D eigenvalue weighted by Crippen LogP contribution is -2.46. The van der Waals surface area contributed by atoms with Gasteiger partial charge >= 0.3 is 0 Å². The molecule has 1 fully saturated rings. The lowest BCUT2D eigenvalue weighted by molar-refractivity contribution is -0.127. The number of amides is 1. The number of carbonyl (C=O) groups is 2. The number of ketones is 1. The summed E-state index contributed by atoms with van der Waals surface area (Å²) >= 11 is 0. The SMILES string of the molecule is CCCc1ccc(C(=O)C=CC(=O)N2CCN(C)CC2)c(OC)c1. The lowest BCUT2D eigenvalue weighted by Gasteiger charge is -2.31. The van der Waals surface area contributed by atoms with E-state index < -0.39 is 0 Å². The highest BCUT2D eigenvalue weighted by molar-refractivity contribution is 6.09. The molecule has 24 heavy (non-hydrogen) atoms. The van der Waals surface area contributed by atoms with E-state index in [0.29, 0.717) is 24.4 Å². The van der Waals surface area contributed by atoms with Crippen LogP contribution in [0.15, 0.2) is 30.4 Å². The van der Waals surface area contributed by atoms with E-state index in [2.05, 4.69) is 11.8 Å². The Kier molecular flexibility index (Phi) is 6.55. The van der Waals surface area contributed by atoms with Gasteiger partial charge in [-0.25, -0.2) is 0 Å². The number of carbonyl (C=O) groups excluding carboxylic acids is 2. The van der Waals surface area contributed by atoms with Crippen LogP contribution < -0.4 is 4.74 Å². The third kappa shape index (κ3) is 4.68. The van der Waals surface area contributed by atoms with Crippen LogP contribution in [0.1, 0.15) is 29.3 Å². The smallest absolute Gasteiger partial charge is 0.246 e. The Morgan fingerprint density at radius 2 is 1.88 bits per heavy atom. The summed E-state index contributed by atoms with van der Waals surface area (Å²) in [4.78, 5) is 28.5. The van der Waals surface area contributed by atoms with Gasteiger partial charge in [0.15, 0.2) is 5.78 Å². The van der Waals surface area contributed by atoms with Crippen molar-refractivity contribution in [3.05, 3.63) is 41.5 Å². The van der Waals surface area contributed by atoms with Crippen molar-refractivity contribution in [3.63, 3.8) is 0 Å². The van der Waals surface area contributed by atoms with Gasteiger partial charge < -0.3 is 14.5 Å². The maximum atomic E-state index is 12.4. The molecule has 1 saturated heterocycles. The molecule has 0 radical (unpaired) electrons. The topological polar surface area (TPSA) is 49.9 Å². The highest BCUT2D eigenvalue weighted by Gasteiger charge is 2.17.